The fraction of sp³-hybridized carbons (Fsp3) is 0.200. The molecule has 2 aromatic rings. The average Bonchev–Trinajstić information content (AvgIpc) is 2.50. The van der Waals surface area contributed by atoms with Gasteiger partial charge in [0.2, 0.25) is 0 Å². The van der Waals surface area contributed by atoms with Gasteiger partial charge in [0.1, 0.15) is 5.82 Å². The van der Waals surface area contributed by atoms with E-state index in [4.69, 9.17) is 12.2 Å². The van der Waals surface area contributed by atoms with Crippen LogP contribution in [0.4, 0.5) is 0 Å². The summed E-state index contributed by atoms with van der Waals surface area (Å²) in [5.74, 6) is 0.903. The van der Waals surface area contributed by atoms with Crippen LogP contribution in [0.15, 0.2) is 28.7 Å². The van der Waals surface area contributed by atoms with Crippen molar-refractivity contribution in [1.82, 2.24) is 14.8 Å². The van der Waals surface area contributed by atoms with Gasteiger partial charge in [0, 0.05) is 4.47 Å². The van der Waals surface area contributed by atoms with Crippen LogP contribution in [-0.4, -0.2) is 14.8 Å². The van der Waals surface area contributed by atoms with Crippen molar-refractivity contribution < 1.29 is 0 Å². The van der Waals surface area contributed by atoms with Crippen LogP contribution in [0.25, 0.3) is 0 Å². The third-order valence-electron chi connectivity index (χ3n) is 2.18. The van der Waals surface area contributed by atoms with Crippen molar-refractivity contribution in [3.8, 4) is 0 Å². The van der Waals surface area contributed by atoms with Gasteiger partial charge >= 0.3 is 0 Å². The molecule has 1 aromatic carbocycles. The summed E-state index contributed by atoms with van der Waals surface area (Å²) in [5.41, 5.74) is 1.20. The van der Waals surface area contributed by atoms with E-state index in [1.54, 1.807) is 0 Å². The van der Waals surface area contributed by atoms with Crippen molar-refractivity contribution in [2.45, 2.75) is 13.5 Å². The minimum atomic E-state index is 0.660. The maximum Gasteiger partial charge on any atom is 0.195 e. The second-order valence-corrected chi connectivity index (χ2v) is 4.59. The number of rotatable bonds is 2. The Hall–Kier alpha value is -0.940. The maximum atomic E-state index is 5.14. The zero-order chi connectivity index (χ0) is 10.8. The Kier molecular flexibility index (Phi) is 3.02. The van der Waals surface area contributed by atoms with Gasteiger partial charge in [-0.15, -0.1) is 0 Å². The zero-order valence-corrected chi connectivity index (χ0v) is 10.6. The molecule has 5 heteroatoms. The number of aromatic nitrogens is 3. The second kappa shape index (κ2) is 4.28. The molecule has 0 saturated heterocycles. The largest absolute Gasteiger partial charge is 0.300 e. The fourth-order valence-corrected chi connectivity index (χ4v) is 2.09. The summed E-state index contributed by atoms with van der Waals surface area (Å²) in [6, 6.07) is 8.16. The van der Waals surface area contributed by atoms with Crippen LogP contribution in [0.5, 0.6) is 0 Å². The number of aromatic amines is 1. The number of nitrogens with zero attached hydrogens (tertiary/aromatic N) is 2. The monoisotopic (exact) mass is 283 g/mol. The quantitative estimate of drug-likeness (QED) is 0.860. The highest BCUT2D eigenvalue weighted by Gasteiger charge is 2.01. The molecule has 0 radical (unpaired) electrons. The van der Waals surface area contributed by atoms with Gasteiger partial charge < -0.3 is 0 Å². The van der Waals surface area contributed by atoms with Gasteiger partial charge in [-0.1, -0.05) is 28.1 Å². The fourth-order valence-electron chi connectivity index (χ4n) is 1.40. The molecule has 0 spiro atoms. The van der Waals surface area contributed by atoms with Crippen LogP contribution in [-0.2, 0) is 6.54 Å². The smallest absolute Gasteiger partial charge is 0.195 e. The van der Waals surface area contributed by atoms with Crippen LogP contribution < -0.4 is 0 Å². The van der Waals surface area contributed by atoms with Crippen LogP contribution in [0.2, 0.25) is 0 Å². The molecular formula is C10H10BrN3S. The number of benzene rings is 1. The Balaban J connectivity index is 2.33. The molecular weight excluding hydrogens is 274 g/mol. The number of halogens is 1. The molecule has 15 heavy (non-hydrogen) atoms. The van der Waals surface area contributed by atoms with Gasteiger partial charge in [0.25, 0.3) is 0 Å². The summed E-state index contributed by atoms with van der Waals surface area (Å²) in [4.78, 5) is 0. The molecule has 3 nitrogen and oxygen atoms in total. The zero-order valence-electron chi connectivity index (χ0n) is 8.20. The summed E-state index contributed by atoms with van der Waals surface area (Å²) in [5, 5.41) is 6.84. The Morgan fingerprint density at radius 2 is 2.33 bits per heavy atom. The van der Waals surface area contributed by atoms with E-state index in [9.17, 15) is 0 Å². The van der Waals surface area contributed by atoms with Crippen LogP contribution in [0, 0.1) is 11.7 Å². The molecule has 78 valence electrons. The topological polar surface area (TPSA) is 33.6 Å². The summed E-state index contributed by atoms with van der Waals surface area (Å²) in [6.45, 7) is 2.69. The highest BCUT2D eigenvalue weighted by molar-refractivity contribution is 9.10. The molecule has 0 aliphatic heterocycles. The molecule has 2 rings (SSSR count). The first-order chi connectivity index (χ1) is 7.16. The van der Waals surface area contributed by atoms with E-state index < -0.39 is 0 Å². The first-order valence-electron chi connectivity index (χ1n) is 4.53. The van der Waals surface area contributed by atoms with Gasteiger partial charge in [-0.2, -0.15) is 5.10 Å². The number of H-pyrrole nitrogens is 1. The molecule has 0 amide bonds. The van der Waals surface area contributed by atoms with Crippen molar-refractivity contribution in [3.63, 3.8) is 0 Å². The van der Waals surface area contributed by atoms with E-state index in [1.807, 2.05) is 23.6 Å². The van der Waals surface area contributed by atoms with Gasteiger partial charge in [0.05, 0.1) is 6.54 Å². The van der Waals surface area contributed by atoms with Crippen molar-refractivity contribution in [1.29, 1.82) is 0 Å². The molecule has 0 atom stereocenters. The lowest BCUT2D eigenvalue weighted by Crippen LogP contribution is -2.01. The van der Waals surface area contributed by atoms with Crippen molar-refractivity contribution in [2.75, 3.05) is 0 Å². The van der Waals surface area contributed by atoms with Gasteiger partial charge in [-0.25, -0.2) is 0 Å². The minimum absolute atomic E-state index is 0.660. The number of aryl methyl sites for hydroxylation is 1. The van der Waals surface area contributed by atoms with Crippen LogP contribution >= 0.6 is 28.1 Å². The summed E-state index contributed by atoms with van der Waals surface area (Å²) < 4.78 is 3.71. The second-order valence-electron chi connectivity index (χ2n) is 3.29. The lowest BCUT2D eigenvalue weighted by Gasteiger charge is -2.04. The highest BCUT2D eigenvalue weighted by atomic mass is 79.9. The third kappa shape index (κ3) is 2.35. The van der Waals surface area contributed by atoms with E-state index >= 15 is 0 Å². The molecule has 1 N–H and O–H groups in total. The van der Waals surface area contributed by atoms with E-state index in [0.29, 0.717) is 4.77 Å². The molecule has 0 saturated carbocycles. The Labute approximate surface area is 101 Å². The first kappa shape index (κ1) is 10.6. The lowest BCUT2D eigenvalue weighted by atomic mass is 10.2. The summed E-state index contributed by atoms with van der Waals surface area (Å²) in [7, 11) is 0. The Morgan fingerprint density at radius 3 is 2.93 bits per heavy atom. The third-order valence-corrected chi connectivity index (χ3v) is 2.98. The summed E-state index contributed by atoms with van der Waals surface area (Å²) in [6.07, 6.45) is 0. The van der Waals surface area contributed by atoms with Crippen molar-refractivity contribution in [3.05, 3.63) is 44.9 Å². The molecule has 1 aromatic heterocycles. The standard InChI is InChI=1S/C10H10BrN3S/c1-7-12-13-10(15)14(7)6-8-3-2-4-9(11)5-8/h2-5H,6H2,1H3,(H,13,15). The number of hydrogen-bond donors (Lipinski definition) is 1. The van der Waals surface area contributed by atoms with Crippen molar-refractivity contribution >= 4 is 28.1 Å². The lowest BCUT2D eigenvalue weighted by molar-refractivity contribution is 0.751. The molecule has 0 fully saturated rings. The van der Waals surface area contributed by atoms with Gasteiger partial charge in [0.15, 0.2) is 4.77 Å². The first-order valence-corrected chi connectivity index (χ1v) is 5.73. The number of nitrogens with one attached hydrogen (secondary N) is 1. The van der Waals surface area contributed by atoms with E-state index in [-0.39, 0.29) is 0 Å². The molecule has 0 aliphatic rings. The van der Waals surface area contributed by atoms with Gasteiger partial charge in [-0.3, -0.25) is 9.67 Å². The highest BCUT2D eigenvalue weighted by Crippen LogP contribution is 2.13. The molecule has 1 heterocycles. The average molecular weight is 284 g/mol. The minimum Gasteiger partial charge on any atom is -0.300 e. The normalized spacial score (nSPS) is 10.5. The van der Waals surface area contributed by atoms with E-state index in [2.05, 4.69) is 38.3 Å². The predicted octanol–water partition coefficient (Wildman–Crippen LogP) is 3.06. The molecule has 0 unspecified atom stereocenters. The van der Waals surface area contributed by atoms with Gasteiger partial charge in [-0.05, 0) is 36.8 Å². The predicted molar refractivity (Wildman–Crippen MR) is 65.4 cm³/mol. The molecule has 0 aliphatic carbocycles. The Bertz CT molecular complexity index is 529. The van der Waals surface area contributed by atoms with Crippen LogP contribution in [0.3, 0.4) is 0 Å². The van der Waals surface area contributed by atoms with Crippen molar-refractivity contribution in [2.24, 2.45) is 0 Å². The summed E-state index contributed by atoms with van der Waals surface area (Å²) >= 11 is 8.58. The van der Waals surface area contributed by atoms with E-state index in [1.165, 1.54) is 5.56 Å². The molecule has 0 bridgehead atoms. The SMILES string of the molecule is Cc1n[nH]c(=S)n1Cc1cccc(Br)c1. The van der Waals surface area contributed by atoms with Crippen LogP contribution in [0.1, 0.15) is 11.4 Å². The maximum absolute atomic E-state index is 5.14. The van der Waals surface area contributed by atoms with E-state index in [0.717, 1.165) is 16.8 Å². The Morgan fingerprint density at radius 1 is 1.53 bits per heavy atom. The number of hydrogen-bond acceptors (Lipinski definition) is 2.